The molecule has 6 heteroatoms. The first kappa shape index (κ1) is 19.9. The molecule has 0 aromatic heterocycles. The number of nitrogens with one attached hydrogen (secondary N) is 1. The molecule has 29 heavy (non-hydrogen) atoms. The van der Waals surface area contributed by atoms with E-state index in [2.05, 4.69) is 5.32 Å². The minimum absolute atomic E-state index is 0.235. The lowest BCUT2D eigenvalue weighted by Crippen LogP contribution is -2.21. The summed E-state index contributed by atoms with van der Waals surface area (Å²) in [4.78, 5) is 24.7. The van der Waals surface area contributed by atoms with Crippen LogP contribution >= 0.6 is 0 Å². The molecule has 3 aromatic rings. The van der Waals surface area contributed by atoms with Crippen molar-refractivity contribution < 1.29 is 23.8 Å². The van der Waals surface area contributed by atoms with Crippen LogP contribution in [0.2, 0.25) is 0 Å². The number of para-hydroxylation sites is 4. The smallest absolute Gasteiger partial charge is 0.342 e. The van der Waals surface area contributed by atoms with Gasteiger partial charge < -0.3 is 19.5 Å². The topological polar surface area (TPSA) is 73.9 Å². The van der Waals surface area contributed by atoms with Gasteiger partial charge in [0, 0.05) is 0 Å². The maximum Gasteiger partial charge on any atom is 0.342 e. The third kappa shape index (κ3) is 5.59. The van der Waals surface area contributed by atoms with Crippen LogP contribution in [0.15, 0.2) is 78.9 Å². The molecule has 148 valence electrons. The highest BCUT2D eigenvalue weighted by Gasteiger charge is 2.16. The normalized spacial score (nSPS) is 10.1. The van der Waals surface area contributed by atoms with Crippen LogP contribution in [-0.2, 0) is 9.53 Å². The van der Waals surface area contributed by atoms with Gasteiger partial charge in [-0.3, -0.25) is 4.79 Å². The minimum Gasteiger partial charge on any atom is -0.492 e. The molecule has 6 nitrogen and oxygen atoms in total. The average Bonchev–Trinajstić information content (AvgIpc) is 2.75. The number of rotatable bonds is 8. The van der Waals surface area contributed by atoms with Crippen LogP contribution in [0.25, 0.3) is 0 Å². The maximum atomic E-state index is 12.5. The van der Waals surface area contributed by atoms with Crippen LogP contribution in [-0.4, -0.2) is 25.1 Å². The summed E-state index contributed by atoms with van der Waals surface area (Å²) in [5.41, 5.74) is 0.752. The van der Waals surface area contributed by atoms with Crippen molar-refractivity contribution in [3.05, 3.63) is 84.4 Å². The molecule has 0 saturated carbocycles. The lowest BCUT2D eigenvalue weighted by atomic mass is 10.2. The fraction of sp³-hybridized carbons (Fsp3) is 0.130. The zero-order valence-corrected chi connectivity index (χ0v) is 16.0. The number of carbonyl (C=O) groups is 2. The standard InChI is InChI=1S/C23H21NO5/c1-2-27-21-15-9-7-13-19(21)24-22(25)16-28-23(26)18-12-6-8-14-20(18)29-17-10-4-3-5-11-17/h3-15H,2,16H2,1H3,(H,24,25). The van der Waals surface area contributed by atoms with Crippen LogP contribution in [0.4, 0.5) is 5.69 Å². The SMILES string of the molecule is CCOc1ccccc1NC(=O)COC(=O)c1ccccc1Oc1ccccc1. The number of benzene rings is 3. The number of esters is 1. The fourth-order valence-electron chi connectivity index (χ4n) is 2.59. The van der Waals surface area contributed by atoms with Gasteiger partial charge in [0.2, 0.25) is 0 Å². The molecule has 0 bridgehead atoms. The van der Waals surface area contributed by atoms with E-state index in [1.807, 2.05) is 31.2 Å². The largest absolute Gasteiger partial charge is 0.492 e. The van der Waals surface area contributed by atoms with E-state index in [-0.39, 0.29) is 5.56 Å². The first-order valence-electron chi connectivity index (χ1n) is 9.18. The fourth-order valence-corrected chi connectivity index (χ4v) is 2.59. The van der Waals surface area contributed by atoms with Crippen LogP contribution in [0.1, 0.15) is 17.3 Å². The molecule has 0 fully saturated rings. The van der Waals surface area contributed by atoms with Crippen LogP contribution in [0.5, 0.6) is 17.2 Å². The van der Waals surface area contributed by atoms with Gasteiger partial charge in [0.1, 0.15) is 22.8 Å². The summed E-state index contributed by atoms with van der Waals surface area (Å²) >= 11 is 0. The Labute approximate surface area is 169 Å². The molecular weight excluding hydrogens is 370 g/mol. The zero-order valence-electron chi connectivity index (χ0n) is 16.0. The molecule has 0 atom stereocenters. The molecule has 0 aliphatic carbocycles. The highest BCUT2D eigenvalue weighted by molar-refractivity contribution is 5.97. The minimum atomic E-state index is -0.648. The molecule has 0 unspecified atom stereocenters. The highest BCUT2D eigenvalue weighted by atomic mass is 16.5. The highest BCUT2D eigenvalue weighted by Crippen LogP contribution is 2.26. The molecule has 0 heterocycles. The quantitative estimate of drug-likeness (QED) is 0.565. The van der Waals surface area contributed by atoms with E-state index in [1.54, 1.807) is 54.6 Å². The zero-order chi connectivity index (χ0) is 20.5. The molecule has 0 aliphatic rings. The first-order valence-corrected chi connectivity index (χ1v) is 9.18. The molecule has 3 aromatic carbocycles. The van der Waals surface area contributed by atoms with Crippen LogP contribution in [0, 0.1) is 0 Å². The lowest BCUT2D eigenvalue weighted by Gasteiger charge is -2.12. The Bertz CT molecular complexity index is 972. The third-order valence-electron chi connectivity index (χ3n) is 3.87. The molecule has 0 saturated heterocycles. The van der Waals surface area contributed by atoms with Gasteiger partial charge >= 0.3 is 5.97 Å². The Morgan fingerprint density at radius 2 is 1.48 bits per heavy atom. The van der Waals surface area contributed by atoms with Crippen molar-refractivity contribution >= 4 is 17.6 Å². The summed E-state index contributed by atoms with van der Waals surface area (Å²) in [6.45, 7) is 1.90. The van der Waals surface area contributed by atoms with Gasteiger partial charge in [-0.1, -0.05) is 42.5 Å². The molecule has 0 spiro atoms. The summed E-state index contributed by atoms with van der Waals surface area (Å²) < 4.78 is 16.4. The molecular formula is C23H21NO5. The molecule has 1 N–H and O–H groups in total. The number of carbonyl (C=O) groups excluding carboxylic acids is 2. The van der Waals surface area contributed by atoms with Crippen molar-refractivity contribution in [2.75, 3.05) is 18.5 Å². The van der Waals surface area contributed by atoms with E-state index in [0.29, 0.717) is 29.5 Å². The Morgan fingerprint density at radius 3 is 2.24 bits per heavy atom. The van der Waals surface area contributed by atoms with Crippen LogP contribution < -0.4 is 14.8 Å². The van der Waals surface area contributed by atoms with E-state index in [4.69, 9.17) is 14.2 Å². The maximum absolute atomic E-state index is 12.5. The van der Waals surface area contributed by atoms with Gasteiger partial charge in [0.25, 0.3) is 5.91 Å². The monoisotopic (exact) mass is 391 g/mol. The van der Waals surface area contributed by atoms with Crippen LogP contribution in [0.3, 0.4) is 0 Å². The molecule has 1 amide bonds. The van der Waals surface area contributed by atoms with E-state index >= 15 is 0 Å². The van der Waals surface area contributed by atoms with Gasteiger partial charge in [0.05, 0.1) is 12.3 Å². The Balaban J connectivity index is 1.62. The molecule has 0 radical (unpaired) electrons. The average molecular weight is 391 g/mol. The number of anilines is 1. The number of hydrogen-bond donors (Lipinski definition) is 1. The Kier molecular flexibility index (Phi) is 6.84. The van der Waals surface area contributed by atoms with Crippen molar-refractivity contribution in [3.8, 4) is 17.2 Å². The van der Waals surface area contributed by atoms with E-state index < -0.39 is 18.5 Å². The summed E-state index contributed by atoms with van der Waals surface area (Å²) in [5, 5.41) is 2.68. The van der Waals surface area contributed by atoms with Crippen molar-refractivity contribution in [3.63, 3.8) is 0 Å². The number of ether oxygens (including phenoxy) is 3. The summed E-state index contributed by atoms with van der Waals surface area (Å²) in [5.74, 6) is 0.386. The molecule has 0 aliphatic heterocycles. The second-order valence-corrected chi connectivity index (χ2v) is 5.96. The van der Waals surface area contributed by atoms with Crippen molar-refractivity contribution in [2.45, 2.75) is 6.92 Å². The van der Waals surface area contributed by atoms with E-state index in [9.17, 15) is 9.59 Å². The predicted molar refractivity (Wildman–Crippen MR) is 109 cm³/mol. The summed E-state index contributed by atoms with van der Waals surface area (Å²) in [6.07, 6.45) is 0. The second-order valence-electron chi connectivity index (χ2n) is 5.96. The van der Waals surface area contributed by atoms with Gasteiger partial charge in [-0.15, -0.1) is 0 Å². The number of amides is 1. The van der Waals surface area contributed by atoms with Gasteiger partial charge in [-0.2, -0.15) is 0 Å². The predicted octanol–water partition coefficient (Wildman–Crippen LogP) is 4.67. The second kappa shape index (κ2) is 9.94. The third-order valence-corrected chi connectivity index (χ3v) is 3.87. The van der Waals surface area contributed by atoms with Crippen molar-refractivity contribution in [1.82, 2.24) is 0 Å². The summed E-state index contributed by atoms with van der Waals surface area (Å²) in [6, 6.07) is 22.9. The van der Waals surface area contributed by atoms with Crippen molar-refractivity contribution in [1.29, 1.82) is 0 Å². The summed E-state index contributed by atoms with van der Waals surface area (Å²) in [7, 11) is 0. The first-order chi connectivity index (χ1) is 14.2. The van der Waals surface area contributed by atoms with E-state index in [0.717, 1.165) is 0 Å². The van der Waals surface area contributed by atoms with Gasteiger partial charge in [-0.05, 0) is 43.3 Å². The Hall–Kier alpha value is -3.80. The lowest BCUT2D eigenvalue weighted by molar-refractivity contribution is -0.119. The van der Waals surface area contributed by atoms with Gasteiger partial charge in [-0.25, -0.2) is 4.79 Å². The number of hydrogen-bond acceptors (Lipinski definition) is 5. The van der Waals surface area contributed by atoms with Crippen molar-refractivity contribution in [2.24, 2.45) is 0 Å². The Morgan fingerprint density at radius 1 is 0.828 bits per heavy atom. The molecule has 3 rings (SSSR count). The van der Waals surface area contributed by atoms with Gasteiger partial charge in [0.15, 0.2) is 6.61 Å². The van der Waals surface area contributed by atoms with E-state index in [1.165, 1.54) is 0 Å².